The van der Waals surface area contributed by atoms with E-state index in [1.54, 1.807) is 6.92 Å². The molecule has 150 valence electrons. The van der Waals surface area contributed by atoms with E-state index in [2.05, 4.69) is 11.0 Å². The summed E-state index contributed by atoms with van der Waals surface area (Å²) < 4.78 is 6.08. The van der Waals surface area contributed by atoms with Crippen LogP contribution in [0.1, 0.15) is 68.6 Å². The summed E-state index contributed by atoms with van der Waals surface area (Å²) in [5.41, 5.74) is 0.761. The summed E-state index contributed by atoms with van der Waals surface area (Å²) in [6.45, 7) is 4.60. The first-order valence-electron chi connectivity index (χ1n) is 11.1. The lowest BCUT2D eigenvalue weighted by Gasteiger charge is -2.34. The molecule has 2 aliphatic rings. The number of Topliss-reactive ketones (excluding diaryl/α,β-unsaturated/α-hetero) is 1. The lowest BCUT2D eigenvalue weighted by Crippen LogP contribution is -2.37. The molecule has 0 N–H and O–H groups in total. The summed E-state index contributed by atoms with van der Waals surface area (Å²) in [6, 6.07) is 12.0. The van der Waals surface area contributed by atoms with Crippen molar-refractivity contribution >= 4 is 16.6 Å². The minimum Gasteiger partial charge on any atom is -0.478 e. The molecule has 1 aliphatic carbocycles. The molecule has 2 aromatic carbocycles. The summed E-state index contributed by atoms with van der Waals surface area (Å²) in [5.74, 6) is 2.94. The normalized spacial score (nSPS) is 19.8. The van der Waals surface area contributed by atoms with Crippen molar-refractivity contribution in [3.63, 3.8) is 0 Å². The molecular weight excluding hydrogens is 346 g/mol. The van der Waals surface area contributed by atoms with Gasteiger partial charge in [0.05, 0.1) is 0 Å². The molecule has 2 fully saturated rings. The Kier molecular flexibility index (Phi) is 6.31. The second-order valence-corrected chi connectivity index (χ2v) is 8.85. The van der Waals surface area contributed by atoms with Crippen molar-refractivity contribution in [2.45, 2.75) is 58.3 Å². The Bertz CT molecular complexity index is 801. The van der Waals surface area contributed by atoms with Gasteiger partial charge in [0.1, 0.15) is 12.5 Å². The van der Waals surface area contributed by atoms with Crippen molar-refractivity contribution in [3.8, 4) is 5.75 Å². The predicted molar refractivity (Wildman–Crippen MR) is 115 cm³/mol. The van der Waals surface area contributed by atoms with Gasteiger partial charge in [0.15, 0.2) is 5.78 Å². The van der Waals surface area contributed by atoms with Gasteiger partial charge in [-0.25, -0.2) is 0 Å². The van der Waals surface area contributed by atoms with Crippen LogP contribution in [-0.4, -0.2) is 30.5 Å². The molecule has 0 unspecified atom stereocenters. The maximum Gasteiger partial charge on any atom is 0.159 e. The highest BCUT2D eigenvalue weighted by molar-refractivity contribution is 5.98. The molecule has 0 bridgehead atoms. The molecule has 0 aromatic heterocycles. The number of ketones is 1. The first kappa shape index (κ1) is 19.4. The molecule has 1 aliphatic heterocycles. The number of hydrogen-bond acceptors (Lipinski definition) is 3. The fraction of sp³-hybridized carbons (Fsp3) is 0.560. The lowest BCUT2D eigenvalue weighted by atomic mass is 9.80. The van der Waals surface area contributed by atoms with E-state index in [1.807, 2.05) is 30.3 Å². The molecule has 0 spiro atoms. The summed E-state index contributed by atoms with van der Waals surface area (Å²) in [7, 11) is 0. The van der Waals surface area contributed by atoms with Crippen molar-refractivity contribution in [1.29, 1.82) is 0 Å². The van der Waals surface area contributed by atoms with E-state index in [9.17, 15) is 4.79 Å². The number of piperidine rings is 1. The molecule has 3 heteroatoms. The average Bonchev–Trinajstić information content (AvgIpc) is 2.73. The summed E-state index contributed by atoms with van der Waals surface area (Å²) >= 11 is 0. The van der Waals surface area contributed by atoms with Gasteiger partial charge in [-0.05, 0) is 67.0 Å². The topological polar surface area (TPSA) is 29.5 Å². The Morgan fingerprint density at radius 2 is 1.61 bits per heavy atom. The minimum atomic E-state index is 0.106. The van der Waals surface area contributed by atoms with Gasteiger partial charge < -0.3 is 4.74 Å². The summed E-state index contributed by atoms with van der Waals surface area (Å²) in [6.07, 6.45) is 11.4. The predicted octanol–water partition coefficient (Wildman–Crippen LogP) is 6.06. The summed E-state index contributed by atoms with van der Waals surface area (Å²) in [4.78, 5) is 14.0. The Morgan fingerprint density at radius 1 is 0.929 bits per heavy atom. The van der Waals surface area contributed by atoms with E-state index in [4.69, 9.17) is 4.74 Å². The number of benzene rings is 2. The SMILES string of the molecule is CC(=O)c1ccc2cc(OCN3CCC(CC4CCCCC4)CC3)ccc2c1. The zero-order chi connectivity index (χ0) is 19.3. The van der Waals surface area contributed by atoms with Crippen LogP contribution in [0.5, 0.6) is 5.75 Å². The highest BCUT2D eigenvalue weighted by atomic mass is 16.5. The largest absolute Gasteiger partial charge is 0.478 e. The molecule has 1 saturated heterocycles. The quantitative estimate of drug-likeness (QED) is 0.571. The van der Waals surface area contributed by atoms with Crippen LogP contribution < -0.4 is 4.74 Å². The smallest absolute Gasteiger partial charge is 0.159 e. The zero-order valence-electron chi connectivity index (χ0n) is 17.2. The average molecular weight is 380 g/mol. The van der Waals surface area contributed by atoms with Gasteiger partial charge in [-0.1, -0.05) is 50.3 Å². The van der Waals surface area contributed by atoms with Crippen molar-refractivity contribution in [2.24, 2.45) is 11.8 Å². The second-order valence-electron chi connectivity index (χ2n) is 8.85. The second kappa shape index (κ2) is 9.09. The molecule has 28 heavy (non-hydrogen) atoms. The van der Waals surface area contributed by atoms with Crippen LogP contribution in [0.2, 0.25) is 0 Å². The monoisotopic (exact) mass is 379 g/mol. The number of carbonyl (C=O) groups excluding carboxylic acids is 1. The van der Waals surface area contributed by atoms with Crippen LogP contribution in [0.15, 0.2) is 36.4 Å². The number of carbonyl (C=O) groups is 1. The minimum absolute atomic E-state index is 0.106. The van der Waals surface area contributed by atoms with Gasteiger partial charge in [-0.15, -0.1) is 0 Å². The zero-order valence-corrected chi connectivity index (χ0v) is 17.2. The van der Waals surface area contributed by atoms with Crippen LogP contribution in [0.4, 0.5) is 0 Å². The number of rotatable bonds is 6. The van der Waals surface area contributed by atoms with E-state index in [0.29, 0.717) is 6.73 Å². The van der Waals surface area contributed by atoms with Crippen LogP contribution in [0.3, 0.4) is 0 Å². The number of ether oxygens (including phenoxy) is 1. The molecule has 4 rings (SSSR count). The number of nitrogens with zero attached hydrogens (tertiary/aromatic N) is 1. The van der Waals surface area contributed by atoms with E-state index in [-0.39, 0.29) is 5.78 Å². The van der Waals surface area contributed by atoms with Crippen LogP contribution in [-0.2, 0) is 0 Å². The third-order valence-corrected chi connectivity index (χ3v) is 6.73. The van der Waals surface area contributed by atoms with Gasteiger partial charge >= 0.3 is 0 Å². The van der Waals surface area contributed by atoms with Crippen molar-refractivity contribution in [1.82, 2.24) is 4.90 Å². The molecule has 3 nitrogen and oxygen atoms in total. The van der Waals surface area contributed by atoms with Gasteiger partial charge in [0.2, 0.25) is 0 Å². The van der Waals surface area contributed by atoms with Crippen LogP contribution in [0, 0.1) is 11.8 Å². The maximum atomic E-state index is 11.5. The van der Waals surface area contributed by atoms with E-state index < -0.39 is 0 Å². The highest BCUT2D eigenvalue weighted by Crippen LogP contribution is 2.33. The van der Waals surface area contributed by atoms with Crippen molar-refractivity contribution in [3.05, 3.63) is 42.0 Å². The van der Waals surface area contributed by atoms with Gasteiger partial charge in [0, 0.05) is 18.7 Å². The Hall–Kier alpha value is -1.87. The maximum absolute atomic E-state index is 11.5. The van der Waals surface area contributed by atoms with Crippen molar-refractivity contribution < 1.29 is 9.53 Å². The number of fused-ring (bicyclic) bond motifs is 1. The third-order valence-electron chi connectivity index (χ3n) is 6.73. The lowest BCUT2D eigenvalue weighted by molar-refractivity contribution is 0.0804. The first-order chi connectivity index (χ1) is 13.7. The Morgan fingerprint density at radius 3 is 2.36 bits per heavy atom. The van der Waals surface area contributed by atoms with E-state index in [1.165, 1.54) is 51.4 Å². The molecule has 1 saturated carbocycles. The Labute approximate surface area is 169 Å². The fourth-order valence-electron chi connectivity index (χ4n) is 4.94. The Balaban J connectivity index is 1.25. The van der Waals surface area contributed by atoms with Gasteiger partial charge in [-0.2, -0.15) is 0 Å². The molecule has 0 amide bonds. The molecule has 1 heterocycles. The molecular formula is C25H33NO2. The van der Waals surface area contributed by atoms with E-state index in [0.717, 1.165) is 47.0 Å². The standard InChI is InChI=1S/C25H33NO2/c1-19(27)22-7-8-24-17-25(10-9-23(24)16-22)28-18-26-13-11-21(12-14-26)15-20-5-3-2-4-6-20/h7-10,16-17,20-21H,2-6,11-15,18H2,1H3. The van der Waals surface area contributed by atoms with Gasteiger partial charge in [0.25, 0.3) is 0 Å². The van der Waals surface area contributed by atoms with E-state index >= 15 is 0 Å². The molecule has 2 aromatic rings. The fourth-order valence-corrected chi connectivity index (χ4v) is 4.94. The number of hydrogen-bond donors (Lipinski definition) is 0. The molecule has 0 radical (unpaired) electrons. The van der Waals surface area contributed by atoms with Crippen LogP contribution in [0.25, 0.3) is 10.8 Å². The van der Waals surface area contributed by atoms with Crippen molar-refractivity contribution in [2.75, 3.05) is 19.8 Å². The molecule has 0 atom stereocenters. The van der Waals surface area contributed by atoms with Crippen LogP contribution >= 0.6 is 0 Å². The number of likely N-dealkylation sites (tertiary alicyclic amines) is 1. The summed E-state index contributed by atoms with van der Waals surface area (Å²) in [5, 5.41) is 2.21. The highest BCUT2D eigenvalue weighted by Gasteiger charge is 2.23. The third kappa shape index (κ3) is 4.94. The van der Waals surface area contributed by atoms with Gasteiger partial charge in [-0.3, -0.25) is 9.69 Å². The first-order valence-corrected chi connectivity index (χ1v) is 11.1.